The molecule has 0 saturated carbocycles. The third-order valence-corrected chi connectivity index (χ3v) is 3.66. The van der Waals surface area contributed by atoms with Crippen molar-refractivity contribution in [3.63, 3.8) is 0 Å². The maximum atomic E-state index is 11.8. The summed E-state index contributed by atoms with van der Waals surface area (Å²) in [4.78, 5) is 19.7. The molecule has 0 unspecified atom stereocenters. The first-order valence-corrected chi connectivity index (χ1v) is 7.78. The first kappa shape index (κ1) is 15.9. The van der Waals surface area contributed by atoms with Gasteiger partial charge in [-0.15, -0.1) is 4.73 Å². The van der Waals surface area contributed by atoms with Gasteiger partial charge in [0.1, 0.15) is 5.82 Å². The minimum Gasteiger partial charge on any atom is -0.422 e. The highest BCUT2D eigenvalue weighted by Crippen LogP contribution is 2.17. The second-order valence-corrected chi connectivity index (χ2v) is 5.38. The lowest BCUT2D eigenvalue weighted by molar-refractivity contribution is 0.182. The highest BCUT2D eigenvalue weighted by Gasteiger charge is 2.10. The molecule has 0 bridgehead atoms. The van der Waals surface area contributed by atoms with E-state index in [2.05, 4.69) is 39.7 Å². The molecule has 0 atom stereocenters. The summed E-state index contributed by atoms with van der Waals surface area (Å²) in [6.45, 7) is 4.32. The second kappa shape index (κ2) is 7.10. The molecule has 3 N–H and O–H groups in total. The van der Waals surface area contributed by atoms with E-state index in [1.165, 1.54) is 11.8 Å². The maximum Gasteiger partial charge on any atom is 0.384 e. The zero-order chi connectivity index (χ0) is 16.9. The zero-order valence-corrected chi connectivity index (χ0v) is 13.4. The van der Waals surface area contributed by atoms with Crippen LogP contribution in [0.15, 0.2) is 47.4 Å². The van der Waals surface area contributed by atoms with Crippen LogP contribution in [0.25, 0.3) is 11.0 Å². The summed E-state index contributed by atoms with van der Waals surface area (Å²) in [5, 5.41) is 16.8. The van der Waals surface area contributed by atoms with Crippen LogP contribution in [0.3, 0.4) is 0 Å². The number of benzene rings is 1. The Morgan fingerprint density at radius 1 is 1.17 bits per heavy atom. The Kier molecular flexibility index (Phi) is 4.72. The van der Waals surface area contributed by atoms with Gasteiger partial charge in [0, 0.05) is 19.3 Å². The van der Waals surface area contributed by atoms with Crippen molar-refractivity contribution >= 4 is 16.9 Å². The fourth-order valence-corrected chi connectivity index (χ4v) is 2.48. The van der Waals surface area contributed by atoms with Gasteiger partial charge in [0.05, 0.1) is 5.39 Å². The Morgan fingerprint density at radius 3 is 2.75 bits per heavy atom. The van der Waals surface area contributed by atoms with E-state index in [-0.39, 0.29) is 5.65 Å². The molecule has 0 aliphatic rings. The smallest absolute Gasteiger partial charge is 0.384 e. The van der Waals surface area contributed by atoms with Gasteiger partial charge in [-0.1, -0.05) is 31.2 Å². The molecule has 1 aromatic carbocycles. The van der Waals surface area contributed by atoms with Crippen LogP contribution in [0.5, 0.6) is 0 Å². The fraction of sp³-hybridized carbons (Fsp3) is 0.235. The Hall–Kier alpha value is -2.93. The Balaban J connectivity index is 1.84. The molecule has 0 radical (unpaired) electrons. The topological polar surface area (TPSA) is 92.1 Å². The predicted molar refractivity (Wildman–Crippen MR) is 92.1 cm³/mol. The van der Waals surface area contributed by atoms with Crippen molar-refractivity contribution in [1.29, 1.82) is 0 Å². The Labute approximate surface area is 139 Å². The summed E-state index contributed by atoms with van der Waals surface area (Å²) in [7, 11) is 0. The van der Waals surface area contributed by atoms with Crippen LogP contribution in [0.4, 0.5) is 5.82 Å². The van der Waals surface area contributed by atoms with Crippen LogP contribution in [0.1, 0.15) is 18.1 Å². The Morgan fingerprint density at radius 2 is 1.96 bits per heavy atom. The van der Waals surface area contributed by atoms with E-state index in [1.807, 2.05) is 12.1 Å². The second-order valence-electron chi connectivity index (χ2n) is 5.38. The zero-order valence-electron chi connectivity index (χ0n) is 13.4. The van der Waals surface area contributed by atoms with Gasteiger partial charge in [-0.3, -0.25) is 0 Å². The lowest BCUT2D eigenvalue weighted by atomic mass is 10.1. The van der Waals surface area contributed by atoms with E-state index in [0.717, 1.165) is 18.7 Å². The molecular formula is C17H19N5O2. The van der Waals surface area contributed by atoms with E-state index in [1.54, 1.807) is 12.1 Å². The Bertz CT molecular complexity index is 907. The van der Waals surface area contributed by atoms with Gasteiger partial charge in [-0.05, 0) is 29.8 Å². The molecule has 0 spiro atoms. The highest BCUT2D eigenvalue weighted by molar-refractivity contribution is 5.86. The number of pyridine rings is 1. The van der Waals surface area contributed by atoms with Crippen molar-refractivity contribution < 1.29 is 5.21 Å². The molecule has 2 heterocycles. The third-order valence-electron chi connectivity index (χ3n) is 3.66. The molecule has 7 nitrogen and oxygen atoms in total. The van der Waals surface area contributed by atoms with E-state index < -0.39 is 5.69 Å². The molecule has 7 heteroatoms. The number of nitrogens with zero attached hydrogens (tertiary/aromatic N) is 3. The summed E-state index contributed by atoms with van der Waals surface area (Å²) in [6.07, 6.45) is 1.52. The van der Waals surface area contributed by atoms with Crippen LogP contribution in [0.2, 0.25) is 0 Å². The first-order chi connectivity index (χ1) is 11.7. The average molecular weight is 325 g/mol. The minimum absolute atomic E-state index is 0.181. The summed E-state index contributed by atoms with van der Waals surface area (Å²) < 4.78 is 0.456. The standard InChI is InChI=1S/C17H19N5O2/c1-2-18-10-12-5-3-6-13(9-12)11-20-15-14-7-4-8-19-16(14)22(24)17(23)21-15/h3-9,18,24H,2,10-11H2,1H3,(H,20,21,23). The van der Waals surface area contributed by atoms with Crippen LogP contribution in [-0.2, 0) is 13.1 Å². The number of fused-ring (bicyclic) bond motifs is 1. The average Bonchev–Trinajstić information content (AvgIpc) is 2.62. The normalized spacial score (nSPS) is 10.9. The first-order valence-electron chi connectivity index (χ1n) is 7.78. The van der Waals surface area contributed by atoms with E-state index >= 15 is 0 Å². The molecule has 0 fully saturated rings. The van der Waals surface area contributed by atoms with Gasteiger partial charge in [-0.25, -0.2) is 9.78 Å². The van der Waals surface area contributed by atoms with E-state index in [0.29, 0.717) is 22.5 Å². The van der Waals surface area contributed by atoms with Crippen molar-refractivity contribution in [3.8, 4) is 0 Å². The van der Waals surface area contributed by atoms with Crippen molar-refractivity contribution in [2.24, 2.45) is 0 Å². The molecule has 2 aromatic heterocycles. The predicted octanol–water partition coefficient (Wildman–Crippen LogP) is 1.75. The fourth-order valence-electron chi connectivity index (χ4n) is 2.48. The van der Waals surface area contributed by atoms with E-state index in [9.17, 15) is 10.0 Å². The van der Waals surface area contributed by atoms with Crippen molar-refractivity contribution in [2.75, 3.05) is 11.9 Å². The van der Waals surface area contributed by atoms with E-state index in [4.69, 9.17) is 0 Å². The number of aromatic nitrogens is 3. The quantitative estimate of drug-likeness (QED) is 0.598. The van der Waals surface area contributed by atoms with Crippen molar-refractivity contribution in [1.82, 2.24) is 20.0 Å². The van der Waals surface area contributed by atoms with Crippen molar-refractivity contribution in [2.45, 2.75) is 20.0 Å². The third kappa shape index (κ3) is 3.36. The number of hydrogen-bond acceptors (Lipinski definition) is 6. The van der Waals surface area contributed by atoms with Crippen LogP contribution in [-0.4, -0.2) is 26.5 Å². The number of rotatable bonds is 6. The highest BCUT2D eigenvalue weighted by atomic mass is 16.5. The van der Waals surface area contributed by atoms with Gasteiger partial charge >= 0.3 is 5.69 Å². The molecule has 0 aliphatic carbocycles. The summed E-state index contributed by atoms with van der Waals surface area (Å²) in [6, 6.07) is 11.7. The van der Waals surface area contributed by atoms with Gasteiger partial charge in [0.25, 0.3) is 0 Å². The minimum atomic E-state index is -0.760. The SMILES string of the molecule is CCNCc1cccc(CNc2nc(=O)n(O)c3ncccc23)c1. The molecule has 3 aromatic rings. The van der Waals surface area contributed by atoms with Gasteiger partial charge in [-0.2, -0.15) is 4.98 Å². The summed E-state index contributed by atoms with van der Waals surface area (Å²) in [5.41, 5.74) is 1.70. The molecule has 0 aliphatic heterocycles. The molecule has 24 heavy (non-hydrogen) atoms. The van der Waals surface area contributed by atoms with Crippen LogP contribution >= 0.6 is 0 Å². The maximum absolute atomic E-state index is 11.8. The van der Waals surface area contributed by atoms with Gasteiger partial charge in [0.15, 0.2) is 5.65 Å². The molecule has 0 saturated heterocycles. The number of nitrogens with one attached hydrogen (secondary N) is 2. The lowest BCUT2D eigenvalue weighted by Gasteiger charge is -2.10. The molecule has 124 valence electrons. The largest absolute Gasteiger partial charge is 0.422 e. The lowest BCUT2D eigenvalue weighted by Crippen LogP contribution is -2.23. The molecule has 3 rings (SSSR count). The number of anilines is 1. The molecule has 0 amide bonds. The van der Waals surface area contributed by atoms with Crippen molar-refractivity contribution in [3.05, 3.63) is 64.2 Å². The summed E-state index contributed by atoms with van der Waals surface area (Å²) >= 11 is 0. The van der Waals surface area contributed by atoms with Crippen LogP contribution < -0.4 is 16.3 Å². The summed E-state index contributed by atoms with van der Waals surface area (Å²) in [5.74, 6) is 0.408. The number of hydrogen-bond donors (Lipinski definition) is 3. The van der Waals surface area contributed by atoms with Gasteiger partial charge in [0.2, 0.25) is 0 Å². The molecular weight excluding hydrogens is 306 g/mol. The monoisotopic (exact) mass is 325 g/mol. The van der Waals surface area contributed by atoms with Gasteiger partial charge < -0.3 is 15.8 Å². The van der Waals surface area contributed by atoms with Crippen LogP contribution in [0, 0.1) is 0 Å².